The highest BCUT2D eigenvalue weighted by atomic mass is 19.1. The molecule has 0 saturated carbocycles. The van der Waals surface area contributed by atoms with Crippen LogP contribution in [0.4, 0.5) is 10.1 Å². The highest BCUT2D eigenvalue weighted by molar-refractivity contribution is 5.45. The Morgan fingerprint density at radius 1 is 1.31 bits per heavy atom. The van der Waals surface area contributed by atoms with Crippen molar-refractivity contribution in [1.82, 2.24) is 5.32 Å². The minimum Gasteiger partial charge on any atom is -0.374 e. The fourth-order valence-electron chi connectivity index (χ4n) is 2.26. The molecule has 16 heavy (non-hydrogen) atoms. The van der Waals surface area contributed by atoms with E-state index >= 15 is 0 Å². The number of rotatable bonds is 3. The Balaban J connectivity index is 1.97. The maximum absolute atomic E-state index is 12.8. The van der Waals surface area contributed by atoms with E-state index in [4.69, 9.17) is 0 Å². The van der Waals surface area contributed by atoms with Gasteiger partial charge in [-0.05, 0) is 49.2 Å². The van der Waals surface area contributed by atoms with Gasteiger partial charge in [0.05, 0.1) is 0 Å². The third kappa shape index (κ3) is 2.53. The molecule has 0 unspecified atom stereocenters. The van der Waals surface area contributed by atoms with Gasteiger partial charge in [0.1, 0.15) is 5.82 Å². The maximum Gasteiger partial charge on any atom is 0.123 e. The molecular formula is C13H19FN2. The van der Waals surface area contributed by atoms with E-state index in [0.29, 0.717) is 5.92 Å². The Hall–Kier alpha value is -1.09. The maximum atomic E-state index is 12.8. The first-order valence-electron chi connectivity index (χ1n) is 5.84. The first-order chi connectivity index (χ1) is 7.66. The fourth-order valence-corrected chi connectivity index (χ4v) is 2.26. The fraction of sp³-hybridized carbons (Fsp3) is 0.538. The van der Waals surface area contributed by atoms with Crippen LogP contribution in [0.3, 0.4) is 0 Å². The Morgan fingerprint density at radius 2 is 2.00 bits per heavy atom. The number of hydrogen-bond donors (Lipinski definition) is 1. The van der Waals surface area contributed by atoms with Crippen molar-refractivity contribution < 1.29 is 4.39 Å². The van der Waals surface area contributed by atoms with Gasteiger partial charge in [-0.3, -0.25) is 0 Å². The number of nitrogens with zero attached hydrogens (tertiary/aromatic N) is 1. The van der Waals surface area contributed by atoms with Gasteiger partial charge >= 0.3 is 0 Å². The van der Waals surface area contributed by atoms with E-state index in [2.05, 4.69) is 24.2 Å². The summed E-state index contributed by atoms with van der Waals surface area (Å²) in [5.74, 6) is 1.24. The monoisotopic (exact) mass is 222 g/mol. The van der Waals surface area contributed by atoms with E-state index in [1.807, 2.05) is 12.1 Å². The van der Waals surface area contributed by atoms with Crippen molar-refractivity contribution in [2.45, 2.75) is 6.92 Å². The second-order valence-corrected chi connectivity index (χ2v) is 4.75. The van der Waals surface area contributed by atoms with Crippen molar-refractivity contribution in [3.63, 3.8) is 0 Å². The number of benzene rings is 1. The average Bonchev–Trinajstić information content (AvgIpc) is 2.65. The molecule has 0 radical (unpaired) electrons. The van der Waals surface area contributed by atoms with Crippen molar-refractivity contribution in [2.75, 3.05) is 31.6 Å². The summed E-state index contributed by atoms with van der Waals surface area (Å²) < 4.78 is 12.8. The van der Waals surface area contributed by atoms with Gasteiger partial charge in [0, 0.05) is 19.3 Å². The third-order valence-corrected chi connectivity index (χ3v) is 3.45. The van der Waals surface area contributed by atoms with Gasteiger partial charge in [0.15, 0.2) is 0 Å². The minimum absolute atomic E-state index is 0.173. The van der Waals surface area contributed by atoms with Crippen molar-refractivity contribution >= 4 is 5.69 Å². The summed E-state index contributed by atoms with van der Waals surface area (Å²) >= 11 is 0. The molecule has 1 aromatic carbocycles. The number of anilines is 1. The molecule has 0 spiro atoms. The van der Waals surface area contributed by atoms with Crippen LogP contribution in [0.15, 0.2) is 24.3 Å². The van der Waals surface area contributed by atoms with Crippen LogP contribution in [0.1, 0.15) is 6.92 Å². The SMILES string of the molecule is C[C@@H]1CNC[C@H]1CN(C)c1ccc(F)cc1. The zero-order chi connectivity index (χ0) is 11.5. The van der Waals surface area contributed by atoms with Crippen LogP contribution in [0.25, 0.3) is 0 Å². The summed E-state index contributed by atoms with van der Waals surface area (Å²) in [5.41, 5.74) is 1.08. The van der Waals surface area contributed by atoms with E-state index in [0.717, 1.165) is 31.2 Å². The topological polar surface area (TPSA) is 15.3 Å². The van der Waals surface area contributed by atoms with E-state index in [-0.39, 0.29) is 5.82 Å². The van der Waals surface area contributed by atoms with Crippen LogP contribution in [-0.4, -0.2) is 26.7 Å². The zero-order valence-electron chi connectivity index (χ0n) is 9.91. The second kappa shape index (κ2) is 4.83. The highest BCUT2D eigenvalue weighted by Crippen LogP contribution is 2.20. The lowest BCUT2D eigenvalue weighted by Crippen LogP contribution is -2.29. The summed E-state index contributed by atoms with van der Waals surface area (Å²) in [6, 6.07) is 6.70. The van der Waals surface area contributed by atoms with Crippen molar-refractivity contribution in [3.8, 4) is 0 Å². The Bertz CT molecular complexity index is 336. The molecule has 0 amide bonds. The van der Waals surface area contributed by atoms with E-state index in [1.165, 1.54) is 12.1 Å². The third-order valence-electron chi connectivity index (χ3n) is 3.45. The van der Waals surface area contributed by atoms with Crippen molar-refractivity contribution in [2.24, 2.45) is 11.8 Å². The molecule has 0 bridgehead atoms. The largest absolute Gasteiger partial charge is 0.374 e. The smallest absolute Gasteiger partial charge is 0.123 e. The van der Waals surface area contributed by atoms with Crippen LogP contribution in [0.2, 0.25) is 0 Å². The molecule has 1 aliphatic rings. The predicted molar refractivity (Wildman–Crippen MR) is 65.2 cm³/mol. The van der Waals surface area contributed by atoms with E-state index < -0.39 is 0 Å². The standard InChI is InChI=1S/C13H19FN2/c1-10-7-15-8-11(10)9-16(2)13-5-3-12(14)4-6-13/h3-6,10-11,15H,7-9H2,1-2H3/t10-,11+/m1/s1. The number of nitrogens with one attached hydrogen (secondary N) is 1. The molecule has 1 N–H and O–H groups in total. The van der Waals surface area contributed by atoms with Gasteiger partial charge in [-0.1, -0.05) is 6.92 Å². The van der Waals surface area contributed by atoms with Gasteiger partial charge in [0.2, 0.25) is 0 Å². The quantitative estimate of drug-likeness (QED) is 0.842. The van der Waals surface area contributed by atoms with Gasteiger partial charge in [0.25, 0.3) is 0 Å². The Labute approximate surface area is 96.5 Å². The van der Waals surface area contributed by atoms with Crippen LogP contribution in [0.5, 0.6) is 0 Å². The average molecular weight is 222 g/mol. The highest BCUT2D eigenvalue weighted by Gasteiger charge is 2.24. The van der Waals surface area contributed by atoms with Gasteiger partial charge < -0.3 is 10.2 Å². The molecule has 1 saturated heterocycles. The van der Waals surface area contributed by atoms with Gasteiger partial charge in [-0.2, -0.15) is 0 Å². The molecule has 3 heteroatoms. The molecule has 0 aromatic heterocycles. The first-order valence-corrected chi connectivity index (χ1v) is 5.84. The summed E-state index contributed by atoms with van der Waals surface area (Å²) in [6.45, 7) is 5.51. The van der Waals surface area contributed by atoms with E-state index in [9.17, 15) is 4.39 Å². The van der Waals surface area contributed by atoms with Crippen molar-refractivity contribution in [1.29, 1.82) is 0 Å². The molecule has 1 aliphatic heterocycles. The summed E-state index contributed by atoms with van der Waals surface area (Å²) in [5, 5.41) is 3.40. The molecule has 2 nitrogen and oxygen atoms in total. The molecule has 88 valence electrons. The molecule has 1 aromatic rings. The van der Waals surface area contributed by atoms with Crippen molar-refractivity contribution in [3.05, 3.63) is 30.1 Å². The second-order valence-electron chi connectivity index (χ2n) is 4.75. The normalized spacial score (nSPS) is 24.7. The summed E-state index contributed by atoms with van der Waals surface area (Å²) in [7, 11) is 2.07. The molecular weight excluding hydrogens is 203 g/mol. The van der Waals surface area contributed by atoms with Crippen LogP contribution in [-0.2, 0) is 0 Å². The summed E-state index contributed by atoms with van der Waals surface area (Å²) in [4.78, 5) is 2.20. The predicted octanol–water partition coefficient (Wildman–Crippen LogP) is 2.12. The Kier molecular flexibility index (Phi) is 3.44. The van der Waals surface area contributed by atoms with Gasteiger partial charge in [-0.15, -0.1) is 0 Å². The lowest BCUT2D eigenvalue weighted by atomic mass is 9.97. The minimum atomic E-state index is -0.173. The van der Waals surface area contributed by atoms with Gasteiger partial charge in [-0.25, -0.2) is 4.39 Å². The van der Waals surface area contributed by atoms with Crippen LogP contribution in [0, 0.1) is 17.7 Å². The number of hydrogen-bond acceptors (Lipinski definition) is 2. The zero-order valence-corrected chi connectivity index (χ0v) is 9.91. The van der Waals surface area contributed by atoms with E-state index in [1.54, 1.807) is 0 Å². The Morgan fingerprint density at radius 3 is 2.56 bits per heavy atom. The molecule has 1 fully saturated rings. The molecule has 2 rings (SSSR count). The molecule has 0 aliphatic carbocycles. The lowest BCUT2D eigenvalue weighted by Gasteiger charge is -2.25. The van der Waals surface area contributed by atoms with Crippen LogP contribution >= 0.6 is 0 Å². The summed E-state index contributed by atoms with van der Waals surface area (Å²) in [6.07, 6.45) is 0. The molecule has 1 heterocycles. The van der Waals surface area contributed by atoms with Crippen LogP contribution < -0.4 is 10.2 Å². The molecule has 2 atom stereocenters. The number of halogens is 1. The first kappa shape index (κ1) is 11.4. The lowest BCUT2D eigenvalue weighted by molar-refractivity contribution is 0.455.